The molecule has 15 heavy (non-hydrogen) atoms. The highest BCUT2D eigenvalue weighted by atomic mass is 32.2. The molecule has 1 unspecified atom stereocenters. The van der Waals surface area contributed by atoms with Gasteiger partial charge >= 0.3 is 0 Å². The Kier molecular flexibility index (Phi) is 2.68. The molecule has 0 aromatic carbocycles. The monoisotopic (exact) mass is 230 g/mol. The van der Waals surface area contributed by atoms with Crippen molar-refractivity contribution in [2.75, 3.05) is 11.5 Å². The van der Waals surface area contributed by atoms with Crippen LogP contribution in [-0.2, 0) is 16.3 Å². The van der Waals surface area contributed by atoms with Crippen molar-refractivity contribution in [3.05, 3.63) is 11.8 Å². The molecule has 5 nitrogen and oxygen atoms in total. The first-order valence-electron chi connectivity index (χ1n) is 5.00. The Morgan fingerprint density at radius 3 is 2.93 bits per heavy atom. The molecule has 1 fully saturated rings. The smallest absolute Gasteiger partial charge is 0.167 e. The van der Waals surface area contributed by atoms with Crippen LogP contribution in [0.3, 0.4) is 0 Å². The number of aromatic nitrogens is 1. The molecule has 0 saturated carbocycles. The molecule has 0 amide bonds. The molecular weight excluding hydrogens is 216 g/mol. The van der Waals surface area contributed by atoms with Crippen LogP contribution in [0.5, 0.6) is 0 Å². The van der Waals surface area contributed by atoms with Crippen molar-refractivity contribution in [3.63, 3.8) is 0 Å². The number of hydrogen-bond acceptors (Lipinski definition) is 5. The first-order chi connectivity index (χ1) is 7.08. The van der Waals surface area contributed by atoms with Crippen molar-refractivity contribution in [2.45, 2.75) is 30.9 Å². The summed E-state index contributed by atoms with van der Waals surface area (Å²) < 4.78 is 28.3. The summed E-state index contributed by atoms with van der Waals surface area (Å²) in [5.74, 6) is 1.16. The quantitative estimate of drug-likeness (QED) is 0.810. The molecule has 1 aliphatic rings. The molecule has 1 saturated heterocycles. The van der Waals surface area contributed by atoms with Gasteiger partial charge in [-0.25, -0.2) is 8.42 Å². The molecule has 2 rings (SSSR count). The highest BCUT2D eigenvalue weighted by Gasteiger charge is 2.29. The Balaban J connectivity index is 2.11. The van der Waals surface area contributed by atoms with Crippen molar-refractivity contribution in [3.8, 4) is 0 Å². The Hall–Kier alpha value is -1.04. The molecule has 1 aromatic rings. The number of nitrogens with two attached hydrogens (primary N) is 1. The summed E-state index contributed by atoms with van der Waals surface area (Å²) in [4.78, 5) is 0. The predicted octanol–water partition coefficient (Wildman–Crippen LogP) is 0.767. The van der Waals surface area contributed by atoms with Crippen LogP contribution < -0.4 is 5.73 Å². The number of nitrogens with zero attached hydrogens (tertiary/aromatic N) is 1. The average Bonchev–Trinajstić information content (AvgIpc) is 2.55. The summed E-state index contributed by atoms with van der Waals surface area (Å²) in [6, 6.07) is 1.59. The van der Waals surface area contributed by atoms with E-state index in [1.165, 1.54) is 0 Å². The maximum atomic E-state index is 11.7. The predicted molar refractivity (Wildman–Crippen MR) is 56.0 cm³/mol. The molecular formula is C9H14N2O3S. The summed E-state index contributed by atoms with van der Waals surface area (Å²) in [5.41, 5.74) is 5.40. The van der Waals surface area contributed by atoms with Gasteiger partial charge in [0.25, 0.3) is 0 Å². The van der Waals surface area contributed by atoms with Gasteiger partial charge in [-0.2, -0.15) is 0 Å². The molecule has 0 bridgehead atoms. The summed E-state index contributed by atoms with van der Waals surface area (Å²) >= 11 is 0. The fourth-order valence-corrected chi connectivity index (χ4v) is 3.78. The lowest BCUT2D eigenvalue weighted by molar-refractivity contribution is 0.379. The van der Waals surface area contributed by atoms with E-state index < -0.39 is 9.84 Å². The molecule has 1 aromatic heterocycles. The first-order valence-corrected chi connectivity index (χ1v) is 6.72. The molecule has 0 radical (unpaired) electrons. The highest BCUT2D eigenvalue weighted by molar-refractivity contribution is 7.92. The van der Waals surface area contributed by atoms with E-state index in [-0.39, 0.29) is 5.25 Å². The van der Waals surface area contributed by atoms with Gasteiger partial charge in [0.05, 0.1) is 11.0 Å². The second-order valence-electron chi connectivity index (χ2n) is 3.91. The molecule has 0 aliphatic carbocycles. The molecule has 2 heterocycles. The Labute approximate surface area is 88.5 Å². The van der Waals surface area contributed by atoms with E-state index in [2.05, 4.69) is 5.16 Å². The van der Waals surface area contributed by atoms with E-state index in [0.717, 1.165) is 12.8 Å². The van der Waals surface area contributed by atoms with Gasteiger partial charge in [0.1, 0.15) is 5.76 Å². The van der Waals surface area contributed by atoms with Gasteiger partial charge in [0, 0.05) is 12.5 Å². The van der Waals surface area contributed by atoms with E-state index in [1.807, 2.05) is 0 Å². The molecule has 0 spiro atoms. The minimum absolute atomic E-state index is 0.293. The summed E-state index contributed by atoms with van der Waals surface area (Å²) in [6.45, 7) is 0. The summed E-state index contributed by atoms with van der Waals surface area (Å²) in [5, 5.41) is 3.22. The zero-order valence-corrected chi connectivity index (χ0v) is 9.16. The molecule has 1 atom stereocenters. The van der Waals surface area contributed by atoms with E-state index in [9.17, 15) is 8.42 Å². The van der Waals surface area contributed by atoms with E-state index in [1.54, 1.807) is 6.07 Å². The number of sulfone groups is 1. The van der Waals surface area contributed by atoms with Gasteiger partial charge in [-0.1, -0.05) is 11.6 Å². The summed E-state index contributed by atoms with van der Waals surface area (Å²) in [6.07, 6.45) is 2.85. The standard InChI is InChI=1S/C9H14N2O3S/c10-9-6-7(14-11-9)5-8-3-1-2-4-15(8,12)13/h6,8H,1-5H2,(H2,10,11). The van der Waals surface area contributed by atoms with Crippen molar-refractivity contribution in [1.82, 2.24) is 5.16 Å². The van der Waals surface area contributed by atoms with Gasteiger partial charge in [-0.3, -0.25) is 0 Å². The van der Waals surface area contributed by atoms with Crippen LogP contribution in [0.25, 0.3) is 0 Å². The van der Waals surface area contributed by atoms with Crippen LogP contribution in [0.15, 0.2) is 10.6 Å². The minimum atomic E-state index is -2.94. The normalized spacial score (nSPS) is 25.2. The Morgan fingerprint density at radius 2 is 2.33 bits per heavy atom. The highest BCUT2D eigenvalue weighted by Crippen LogP contribution is 2.23. The zero-order valence-electron chi connectivity index (χ0n) is 8.35. The minimum Gasteiger partial charge on any atom is -0.381 e. The van der Waals surface area contributed by atoms with E-state index in [4.69, 9.17) is 10.3 Å². The average molecular weight is 230 g/mol. The molecule has 6 heteroatoms. The number of rotatable bonds is 2. The third-order valence-corrected chi connectivity index (χ3v) is 4.99. The van der Waals surface area contributed by atoms with Crippen LogP contribution in [0.2, 0.25) is 0 Å². The first kappa shape index (κ1) is 10.5. The lowest BCUT2D eigenvalue weighted by Gasteiger charge is -2.20. The SMILES string of the molecule is Nc1cc(CC2CCCCS2(=O)=O)on1. The summed E-state index contributed by atoms with van der Waals surface area (Å²) in [7, 11) is -2.94. The van der Waals surface area contributed by atoms with Crippen LogP contribution in [0.4, 0.5) is 5.82 Å². The number of nitrogen functional groups attached to an aromatic ring is 1. The lowest BCUT2D eigenvalue weighted by Crippen LogP contribution is -2.30. The van der Waals surface area contributed by atoms with Crippen LogP contribution in [-0.4, -0.2) is 24.6 Å². The second-order valence-corrected chi connectivity index (χ2v) is 6.31. The molecule has 84 valence electrons. The van der Waals surface area contributed by atoms with Gasteiger partial charge in [0.15, 0.2) is 15.7 Å². The van der Waals surface area contributed by atoms with Crippen LogP contribution in [0, 0.1) is 0 Å². The van der Waals surface area contributed by atoms with Crippen molar-refractivity contribution in [1.29, 1.82) is 0 Å². The lowest BCUT2D eigenvalue weighted by atomic mass is 10.1. The van der Waals surface area contributed by atoms with Gasteiger partial charge < -0.3 is 10.3 Å². The molecule has 1 aliphatic heterocycles. The fourth-order valence-electron chi connectivity index (χ4n) is 1.90. The maximum absolute atomic E-state index is 11.7. The van der Waals surface area contributed by atoms with Crippen molar-refractivity contribution < 1.29 is 12.9 Å². The van der Waals surface area contributed by atoms with E-state index >= 15 is 0 Å². The third kappa shape index (κ3) is 2.31. The number of anilines is 1. The van der Waals surface area contributed by atoms with Gasteiger partial charge in [-0.05, 0) is 12.8 Å². The molecule has 2 N–H and O–H groups in total. The zero-order chi connectivity index (χ0) is 10.9. The maximum Gasteiger partial charge on any atom is 0.167 e. The van der Waals surface area contributed by atoms with Crippen LogP contribution in [0.1, 0.15) is 25.0 Å². The topological polar surface area (TPSA) is 86.2 Å². The Morgan fingerprint density at radius 1 is 1.53 bits per heavy atom. The van der Waals surface area contributed by atoms with Crippen molar-refractivity contribution >= 4 is 15.7 Å². The Bertz CT molecular complexity index is 438. The largest absolute Gasteiger partial charge is 0.381 e. The third-order valence-electron chi connectivity index (χ3n) is 2.72. The van der Waals surface area contributed by atoms with Crippen molar-refractivity contribution in [2.24, 2.45) is 0 Å². The number of hydrogen-bond donors (Lipinski definition) is 1. The van der Waals surface area contributed by atoms with Gasteiger partial charge in [-0.15, -0.1) is 0 Å². The van der Waals surface area contributed by atoms with E-state index in [0.29, 0.717) is 30.2 Å². The fraction of sp³-hybridized carbons (Fsp3) is 0.667. The van der Waals surface area contributed by atoms with Gasteiger partial charge in [0.2, 0.25) is 0 Å². The van der Waals surface area contributed by atoms with Crippen LogP contribution >= 0.6 is 0 Å². The second kappa shape index (κ2) is 3.84.